The number of hydrogen-bond acceptors (Lipinski definition) is 5. The fraction of sp³-hybridized carbons (Fsp3) is 0.357. The molecule has 2 aromatic rings. The zero-order valence-electron chi connectivity index (χ0n) is 19.5. The van der Waals surface area contributed by atoms with Gasteiger partial charge in [-0.25, -0.2) is 4.79 Å². The van der Waals surface area contributed by atoms with Crippen LogP contribution < -0.4 is 9.47 Å². The van der Waals surface area contributed by atoms with E-state index in [1.807, 2.05) is 42.7 Å². The van der Waals surface area contributed by atoms with Crippen molar-refractivity contribution in [3.63, 3.8) is 0 Å². The number of carbonyl (C=O) groups excluding carboxylic acids is 1. The van der Waals surface area contributed by atoms with Gasteiger partial charge in [0.15, 0.2) is 0 Å². The quantitative estimate of drug-likeness (QED) is 0.130. The van der Waals surface area contributed by atoms with Crippen molar-refractivity contribution >= 4 is 18.3 Å². The second kappa shape index (κ2) is 13.9. The van der Waals surface area contributed by atoms with E-state index in [9.17, 15) is 4.79 Å². The zero-order chi connectivity index (χ0) is 23.1. The molecule has 0 unspecified atom stereocenters. The lowest BCUT2D eigenvalue weighted by Gasteiger charge is -2.22. The molecule has 174 valence electrons. The number of hydrogen-bond donors (Lipinski definition) is 0. The smallest absolute Gasteiger partial charge is 0.343 e. The number of benzene rings is 2. The van der Waals surface area contributed by atoms with Crippen molar-refractivity contribution in [3.05, 3.63) is 77.9 Å². The van der Waals surface area contributed by atoms with Gasteiger partial charge in [0.2, 0.25) is 0 Å². The Bertz CT molecular complexity index is 925. The third kappa shape index (κ3) is 8.97. The summed E-state index contributed by atoms with van der Waals surface area (Å²) in [5.41, 5.74) is 1.52. The molecule has 2 aromatic carbocycles. The van der Waals surface area contributed by atoms with E-state index in [2.05, 4.69) is 17.0 Å². The summed E-state index contributed by atoms with van der Waals surface area (Å²) in [5, 5.41) is 6.57. The molecule has 33 heavy (non-hydrogen) atoms. The van der Waals surface area contributed by atoms with E-state index in [0.29, 0.717) is 17.9 Å². The summed E-state index contributed by atoms with van der Waals surface area (Å²) in [6, 6.07) is 14.5. The van der Waals surface area contributed by atoms with E-state index in [4.69, 9.17) is 9.47 Å². The van der Waals surface area contributed by atoms with E-state index >= 15 is 0 Å². The molecule has 0 atom stereocenters. The zero-order valence-corrected chi connectivity index (χ0v) is 19.5. The first-order chi connectivity index (χ1) is 16.2. The van der Waals surface area contributed by atoms with Gasteiger partial charge in [-0.05, 0) is 73.7 Å². The Kier molecular flexibility index (Phi) is 10.3. The van der Waals surface area contributed by atoms with E-state index < -0.39 is 0 Å². The second-order valence-corrected chi connectivity index (χ2v) is 8.06. The van der Waals surface area contributed by atoms with Gasteiger partial charge in [-0.15, -0.1) is 0 Å². The second-order valence-electron chi connectivity index (χ2n) is 8.06. The minimum Gasteiger partial charge on any atom is -0.494 e. The molecule has 0 saturated carbocycles. The average Bonchev–Trinajstić information content (AvgIpc) is 2.86. The molecule has 1 saturated heterocycles. The number of esters is 1. The largest absolute Gasteiger partial charge is 0.494 e. The van der Waals surface area contributed by atoms with E-state index in [1.54, 1.807) is 36.4 Å². The Balaban J connectivity index is 1.42. The maximum atomic E-state index is 12.4. The van der Waals surface area contributed by atoms with Crippen molar-refractivity contribution in [1.82, 2.24) is 5.01 Å². The van der Waals surface area contributed by atoms with E-state index in [-0.39, 0.29) is 5.97 Å². The highest BCUT2D eigenvalue weighted by atomic mass is 16.5. The number of ether oxygens (including phenoxy) is 2. The van der Waals surface area contributed by atoms with Crippen molar-refractivity contribution in [2.45, 2.75) is 45.4 Å². The van der Waals surface area contributed by atoms with Gasteiger partial charge in [-0.2, -0.15) is 5.10 Å². The molecule has 1 fully saturated rings. The standard InChI is InChI=1S/C28H34N2O3/c1-2-3-10-23-32-26-18-14-25(15-19-26)28(31)33-27-16-12-24(13-17-27)11-6-4-7-20-29-30-21-8-5-9-22-30/h4,6-7,11-20H,2-3,5,8-10,21-23H2,1H3. The number of rotatable bonds is 11. The lowest BCUT2D eigenvalue weighted by Crippen LogP contribution is -2.24. The van der Waals surface area contributed by atoms with Gasteiger partial charge in [0, 0.05) is 19.3 Å². The maximum absolute atomic E-state index is 12.4. The normalized spacial score (nSPS) is 14.4. The average molecular weight is 447 g/mol. The van der Waals surface area contributed by atoms with Crippen molar-refractivity contribution in [3.8, 4) is 11.5 Å². The molecular weight excluding hydrogens is 412 g/mol. The first-order valence-corrected chi connectivity index (χ1v) is 11.9. The van der Waals surface area contributed by atoms with Crippen LogP contribution in [0.1, 0.15) is 61.4 Å². The van der Waals surface area contributed by atoms with Crippen LogP contribution >= 0.6 is 0 Å². The van der Waals surface area contributed by atoms with Gasteiger partial charge in [0.05, 0.1) is 12.2 Å². The third-order valence-corrected chi connectivity index (χ3v) is 5.36. The molecule has 0 radical (unpaired) electrons. The first-order valence-electron chi connectivity index (χ1n) is 11.9. The molecule has 1 aliphatic heterocycles. The summed E-state index contributed by atoms with van der Waals surface area (Å²) in [6.45, 7) is 4.96. The fourth-order valence-corrected chi connectivity index (χ4v) is 3.45. The first kappa shape index (κ1) is 24.3. The number of carbonyl (C=O) groups is 1. The number of nitrogens with zero attached hydrogens (tertiary/aromatic N) is 2. The summed E-state index contributed by atoms with van der Waals surface area (Å²) in [7, 11) is 0. The van der Waals surface area contributed by atoms with Gasteiger partial charge in [0.25, 0.3) is 0 Å². The van der Waals surface area contributed by atoms with Crippen LogP contribution in [0.15, 0.2) is 71.9 Å². The number of hydrazone groups is 1. The van der Waals surface area contributed by atoms with Crippen LogP contribution in [-0.4, -0.2) is 36.9 Å². The predicted octanol–water partition coefficient (Wildman–Crippen LogP) is 6.52. The minimum atomic E-state index is -0.383. The molecule has 0 aliphatic carbocycles. The maximum Gasteiger partial charge on any atom is 0.343 e. The highest BCUT2D eigenvalue weighted by molar-refractivity contribution is 5.91. The minimum absolute atomic E-state index is 0.383. The van der Waals surface area contributed by atoms with Crippen molar-refractivity contribution < 1.29 is 14.3 Å². The van der Waals surface area contributed by atoms with Gasteiger partial charge in [-0.3, -0.25) is 5.01 Å². The summed E-state index contributed by atoms with van der Waals surface area (Å²) < 4.78 is 11.2. The number of unbranched alkanes of at least 4 members (excludes halogenated alkanes) is 2. The topological polar surface area (TPSA) is 51.1 Å². The summed E-state index contributed by atoms with van der Waals surface area (Å²) >= 11 is 0. The third-order valence-electron chi connectivity index (χ3n) is 5.36. The van der Waals surface area contributed by atoms with Crippen LogP contribution in [0.4, 0.5) is 0 Å². The highest BCUT2D eigenvalue weighted by Gasteiger charge is 2.09. The molecule has 3 rings (SSSR count). The Labute approximate surface area is 197 Å². The summed E-state index contributed by atoms with van der Waals surface area (Å²) in [4.78, 5) is 12.4. The molecule has 0 spiro atoms. The molecule has 1 heterocycles. The lowest BCUT2D eigenvalue weighted by atomic mass is 10.2. The Hall–Kier alpha value is -3.34. The fourth-order valence-electron chi connectivity index (χ4n) is 3.45. The molecule has 5 heteroatoms. The van der Waals surface area contributed by atoms with Crippen LogP contribution in [0.5, 0.6) is 11.5 Å². The van der Waals surface area contributed by atoms with Crippen LogP contribution in [0, 0.1) is 0 Å². The molecule has 0 bridgehead atoms. The number of piperidine rings is 1. The highest BCUT2D eigenvalue weighted by Crippen LogP contribution is 2.17. The van der Waals surface area contributed by atoms with E-state index in [1.165, 1.54) is 19.3 Å². The Morgan fingerprint density at radius 1 is 0.909 bits per heavy atom. The molecule has 1 aliphatic rings. The van der Waals surface area contributed by atoms with Crippen molar-refractivity contribution in [2.24, 2.45) is 5.10 Å². The van der Waals surface area contributed by atoms with Crippen LogP contribution in [0.3, 0.4) is 0 Å². The summed E-state index contributed by atoms with van der Waals surface area (Å²) in [5.74, 6) is 0.901. The Morgan fingerprint density at radius 2 is 1.64 bits per heavy atom. The van der Waals surface area contributed by atoms with Crippen LogP contribution in [-0.2, 0) is 0 Å². The number of allylic oxidation sites excluding steroid dienone is 3. The molecule has 5 nitrogen and oxygen atoms in total. The van der Waals surface area contributed by atoms with Gasteiger partial charge in [-0.1, -0.05) is 50.1 Å². The van der Waals surface area contributed by atoms with Gasteiger partial charge in [0.1, 0.15) is 11.5 Å². The van der Waals surface area contributed by atoms with Crippen LogP contribution in [0.2, 0.25) is 0 Å². The lowest BCUT2D eigenvalue weighted by molar-refractivity contribution is 0.0734. The monoisotopic (exact) mass is 446 g/mol. The van der Waals surface area contributed by atoms with Crippen molar-refractivity contribution in [1.29, 1.82) is 0 Å². The van der Waals surface area contributed by atoms with E-state index in [0.717, 1.165) is 43.7 Å². The molecule has 0 amide bonds. The predicted molar refractivity (Wildman–Crippen MR) is 135 cm³/mol. The van der Waals surface area contributed by atoms with Gasteiger partial charge >= 0.3 is 5.97 Å². The molecule has 0 aromatic heterocycles. The van der Waals surface area contributed by atoms with Crippen molar-refractivity contribution in [2.75, 3.05) is 19.7 Å². The SMILES string of the molecule is CCCCCOc1ccc(C(=O)Oc2ccc(C=CC=CC=NN3CCCCC3)cc2)cc1. The Morgan fingerprint density at radius 3 is 2.36 bits per heavy atom. The summed E-state index contributed by atoms with van der Waals surface area (Å²) in [6.07, 6.45) is 16.8. The van der Waals surface area contributed by atoms with Crippen LogP contribution in [0.25, 0.3) is 6.08 Å². The molecule has 0 N–H and O–H groups in total. The molecular formula is C28H34N2O3. The van der Waals surface area contributed by atoms with Gasteiger partial charge < -0.3 is 9.47 Å².